The summed E-state index contributed by atoms with van der Waals surface area (Å²) in [5.41, 5.74) is 1.58. The van der Waals surface area contributed by atoms with E-state index in [9.17, 15) is 14.4 Å². The van der Waals surface area contributed by atoms with Gasteiger partial charge in [-0.05, 0) is 24.5 Å². The van der Waals surface area contributed by atoms with E-state index in [1.165, 1.54) is 0 Å². The molecule has 0 saturated carbocycles. The van der Waals surface area contributed by atoms with E-state index in [0.717, 1.165) is 31.2 Å². The number of para-hydroxylation sites is 1. The fraction of sp³-hybridized carbons (Fsp3) is 0.500. The Morgan fingerprint density at radius 2 is 1.83 bits per heavy atom. The summed E-state index contributed by atoms with van der Waals surface area (Å²) >= 11 is 0. The number of hydrogen-bond donors (Lipinski definition) is 3. The lowest BCUT2D eigenvalue weighted by Crippen LogP contribution is -2.35. The topological polar surface area (TPSA) is 95.5 Å². The second kappa shape index (κ2) is 9.05. The molecule has 1 heterocycles. The summed E-state index contributed by atoms with van der Waals surface area (Å²) in [4.78, 5) is 34.5. The maximum absolute atomic E-state index is 12.4. The van der Waals surface area contributed by atoms with Crippen molar-refractivity contribution < 1.29 is 19.5 Å². The van der Waals surface area contributed by atoms with Crippen molar-refractivity contribution in [3.8, 4) is 0 Å². The Balaban J connectivity index is 1.70. The first-order valence-electron chi connectivity index (χ1n) is 8.46. The molecule has 3 N–H and O–H groups in total. The summed E-state index contributed by atoms with van der Waals surface area (Å²) in [6.07, 6.45) is 4.79. The fourth-order valence-corrected chi connectivity index (χ4v) is 2.91. The van der Waals surface area contributed by atoms with E-state index in [2.05, 4.69) is 10.6 Å². The summed E-state index contributed by atoms with van der Waals surface area (Å²) in [7, 11) is 0. The Kier molecular flexibility index (Phi) is 6.78. The number of carbonyl (C=O) groups excluding carboxylic acids is 2. The standard InChI is InChI=1S/C18H24N2O4/c21-16-12-14(13-8-5-6-9-15(13)20-16)18(24)19-11-7-3-1-2-4-10-17(22)23/h5-6,8-9,14H,1-4,7,10-12H2,(H,19,24)(H,20,21)(H,22,23). The number of anilines is 1. The molecule has 1 aliphatic heterocycles. The van der Waals surface area contributed by atoms with Gasteiger partial charge in [-0.3, -0.25) is 14.4 Å². The van der Waals surface area contributed by atoms with Gasteiger partial charge in [0.2, 0.25) is 11.8 Å². The third-order valence-electron chi connectivity index (χ3n) is 4.18. The van der Waals surface area contributed by atoms with Crippen LogP contribution in [0.3, 0.4) is 0 Å². The van der Waals surface area contributed by atoms with Crippen molar-refractivity contribution in [2.45, 2.75) is 50.9 Å². The van der Waals surface area contributed by atoms with E-state index >= 15 is 0 Å². The number of rotatable bonds is 9. The van der Waals surface area contributed by atoms with Gasteiger partial charge in [-0.15, -0.1) is 0 Å². The van der Waals surface area contributed by atoms with E-state index < -0.39 is 11.9 Å². The number of amides is 2. The van der Waals surface area contributed by atoms with Gasteiger partial charge in [-0.1, -0.05) is 37.5 Å². The van der Waals surface area contributed by atoms with Crippen molar-refractivity contribution in [1.29, 1.82) is 0 Å². The van der Waals surface area contributed by atoms with Crippen LogP contribution in [0.1, 0.15) is 56.4 Å². The monoisotopic (exact) mass is 332 g/mol. The smallest absolute Gasteiger partial charge is 0.303 e. The molecule has 0 fully saturated rings. The first kappa shape index (κ1) is 18.0. The number of hydrogen-bond acceptors (Lipinski definition) is 3. The average Bonchev–Trinajstić information content (AvgIpc) is 2.56. The second-order valence-corrected chi connectivity index (χ2v) is 6.09. The van der Waals surface area contributed by atoms with Crippen LogP contribution < -0.4 is 10.6 Å². The second-order valence-electron chi connectivity index (χ2n) is 6.09. The average molecular weight is 332 g/mol. The number of benzene rings is 1. The maximum Gasteiger partial charge on any atom is 0.303 e. The molecule has 1 atom stereocenters. The summed E-state index contributed by atoms with van der Waals surface area (Å²) in [6.45, 7) is 0.581. The van der Waals surface area contributed by atoms with Gasteiger partial charge in [0.25, 0.3) is 0 Å². The van der Waals surface area contributed by atoms with E-state index in [0.29, 0.717) is 18.7 Å². The molecule has 1 aliphatic rings. The minimum absolute atomic E-state index is 0.108. The molecule has 0 spiro atoms. The Bertz CT molecular complexity index is 600. The zero-order valence-corrected chi connectivity index (χ0v) is 13.7. The highest BCUT2D eigenvalue weighted by Gasteiger charge is 2.29. The van der Waals surface area contributed by atoms with E-state index in [1.807, 2.05) is 24.3 Å². The van der Waals surface area contributed by atoms with Gasteiger partial charge in [0.1, 0.15) is 0 Å². The zero-order chi connectivity index (χ0) is 17.4. The van der Waals surface area contributed by atoms with Crippen LogP contribution in [-0.4, -0.2) is 29.4 Å². The van der Waals surface area contributed by atoms with Crippen LogP contribution in [0.2, 0.25) is 0 Å². The van der Waals surface area contributed by atoms with Crippen LogP contribution in [0, 0.1) is 0 Å². The van der Waals surface area contributed by atoms with Gasteiger partial charge < -0.3 is 15.7 Å². The van der Waals surface area contributed by atoms with E-state index in [1.54, 1.807) is 0 Å². The first-order valence-corrected chi connectivity index (χ1v) is 8.46. The van der Waals surface area contributed by atoms with Crippen molar-refractivity contribution in [2.75, 3.05) is 11.9 Å². The lowest BCUT2D eigenvalue weighted by Gasteiger charge is -2.24. The Morgan fingerprint density at radius 3 is 2.62 bits per heavy atom. The SMILES string of the molecule is O=C(O)CCCCCCCNC(=O)C1CC(=O)Nc2ccccc21. The quantitative estimate of drug-likeness (QED) is 0.606. The summed E-state index contributed by atoms with van der Waals surface area (Å²) < 4.78 is 0. The molecular formula is C18H24N2O4. The van der Waals surface area contributed by atoms with Crippen molar-refractivity contribution in [3.05, 3.63) is 29.8 Å². The van der Waals surface area contributed by atoms with Crippen molar-refractivity contribution >= 4 is 23.5 Å². The zero-order valence-electron chi connectivity index (χ0n) is 13.7. The number of unbranched alkanes of at least 4 members (excludes halogenated alkanes) is 4. The van der Waals surface area contributed by atoms with Gasteiger partial charge in [-0.25, -0.2) is 0 Å². The van der Waals surface area contributed by atoms with Gasteiger partial charge in [0.05, 0.1) is 5.92 Å². The fourth-order valence-electron chi connectivity index (χ4n) is 2.91. The molecule has 6 nitrogen and oxygen atoms in total. The van der Waals surface area contributed by atoms with Crippen molar-refractivity contribution in [2.24, 2.45) is 0 Å². The molecule has 0 saturated heterocycles. The number of nitrogens with one attached hydrogen (secondary N) is 2. The van der Waals surface area contributed by atoms with Crippen molar-refractivity contribution in [3.63, 3.8) is 0 Å². The maximum atomic E-state index is 12.4. The number of fused-ring (bicyclic) bond motifs is 1. The molecule has 2 rings (SSSR count). The summed E-state index contributed by atoms with van der Waals surface area (Å²) in [5.74, 6) is -1.42. The molecule has 1 aromatic rings. The Labute approximate surface area is 141 Å². The normalized spacial score (nSPS) is 16.2. The minimum atomic E-state index is -0.751. The third kappa shape index (κ3) is 5.37. The van der Waals surface area contributed by atoms with Gasteiger partial charge in [-0.2, -0.15) is 0 Å². The van der Waals surface area contributed by atoms with Crippen molar-refractivity contribution in [1.82, 2.24) is 5.32 Å². The molecule has 2 amide bonds. The van der Waals surface area contributed by atoms with Crippen LogP contribution in [0.15, 0.2) is 24.3 Å². The molecule has 0 aliphatic carbocycles. The van der Waals surface area contributed by atoms with Gasteiger partial charge >= 0.3 is 5.97 Å². The van der Waals surface area contributed by atoms with Crippen LogP contribution in [0.4, 0.5) is 5.69 Å². The van der Waals surface area contributed by atoms with Crippen LogP contribution in [0.25, 0.3) is 0 Å². The molecule has 24 heavy (non-hydrogen) atoms. The number of carboxylic acids is 1. The lowest BCUT2D eigenvalue weighted by molar-refractivity contribution is -0.137. The predicted octanol–water partition coefficient (Wildman–Crippen LogP) is 2.65. The molecule has 0 aromatic heterocycles. The third-order valence-corrected chi connectivity index (χ3v) is 4.18. The summed E-state index contributed by atoms with van der Waals surface area (Å²) in [5, 5.41) is 14.2. The Hall–Kier alpha value is -2.37. The van der Waals surface area contributed by atoms with Gasteiger partial charge in [0, 0.05) is 25.1 Å². The molecule has 130 valence electrons. The predicted molar refractivity (Wildman–Crippen MR) is 90.8 cm³/mol. The van der Waals surface area contributed by atoms with E-state index in [4.69, 9.17) is 5.11 Å². The molecule has 1 aromatic carbocycles. The first-order chi connectivity index (χ1) is 11.6. The van der Waals surface area contributed by atoms with E-state index in [-0.39, 0.29) is 24.7 Å². The number of carbonyl (C=O) groups is 3. The molecule has 0 bridgehead atoms. The molecular weight excluding hydrogens is 308 g/mol. The molecule has 6 heteroatoms. The number of carboxylic acid groups (broad SMARTS) is 1. The largest absolute Gasteiger partial charge is 0.481 e. The molecule has 1 unspecified atom stereocenters. The highest BCUT2D eigenvalue weighted by Crippen LogP contribution is 2.31. The number of aliphatic carboxylic acids is 1. The summed E-state index contributed by atoms with van der Waals surface area (Å²) in [6, 6.07) is 7.39. The Morgan fingerprint density at radius 1 is 1.12 bits per heavy atom. The highest BCUT2D eigenvalue weighted by molar-refractivity contribution is 6.01. The lowest BCUT2D eigenvalue weighted by atomic mass is 9.90. The van der Waals surface area contributed by atoms with Gasteiger partial charge in [0.15, 0.2) is 0 Å². The van der Waals surface area contributed by atoms with Crippen LogP contribution >= 0.6 is 0 Å². The molecule has 0 radical (unpaired) electrons. The minimum Gasteiger partial charge on any atom is -0.481 e. The van der Waals surface area contributed by atoms with Crippen LogP contribution in [-0.2, 0) is 14.4 Å². The van der Waals surface area contributed by atoms with Crippen LogP contribution in [0.5, 0.6) is 0 Å². The highest BCUT2D eigenvalue weighted by atomic mass is 16.4.